The highest BCUT2D eigenvalue weighted by Crippen LogP contribution is 2.37. The lowest BCUT2D eigenvalue weighted by Crippen LogP contribution is -2.17. The van der Waals surface area contributed by atoms with Crippen LogP contribution >= 0.6 is 7.60 Å². The van der Waals surface area contributed by atoms with Crippen LogP contribution in [0.15, 0.2) is 54.6 Å². The fraction of sp³-hybridized carbons (Fsp3) is 0.133. The van der Waals surface area contributed by atoms with Crippen LogP contribution in [0.1, 0.15) is 6.42 Å². The number of para-hydroxylation sites is 2. The molecule has 0 saturated carbocycles. The zero-order valence-corrected chi connectivity index (χ0v) is 12.6. The number of benzene rings is 2. The molecule has 0 heterocycles. The third-order valence-corrected chi connectivity index (χ3v) is 3.82. The van der Waals surface area contributed by atoms with Crippen LogP contribution in [-0.4, -0.2) is 22.3 Å². The lowest BCUT2D eigenvalue weighted by atomic mass is 10.3. The predicted molar refractivity (Wildman–Crippen MR) is 83.3 cm³/mol. The average molecular weight is 321 g/mol. The van der Waals surface area contributed by atoms with Crippen molar-refractivity contribution < 1.29 is 23.9 Å². The van der Waals surface area contributed by atoms with Crippen LogP contribution in [0.3, 0.4) is 0 Å². The molecule has 6 nitrogen and oxygen atoms in total. The summed E-state index contributed by atoms with van der Waals surface area (Å²) in [5.41, 5.74) is 0.683. The van der Waals surface area contributed by atoms with Crippen molar-refractivity contribution >= 4 is 24.5 Å². The van der Waals surface area contributed by atoms with Gasteiger partial charge in [-0.3, -0.25) is 9.36 Å². The smallest absolute Gasteiger partial charge is 0.359 e. The minimum absolute atomic E-state index is 0.0235. The van der Waals surface area contributed by atoms with Crippen LogP contribution in [-0.2, 0) is 9.36 Å². The maximum atomic E-state index is 11.7. The molecule has 22 heavy (non-hydrogen) atoms. The van der Waals surface area contributed by atoms with Gasteiger partial charge in [0.1, 0.15) is 11.1 Å². The van der Waals surface area contributed by atoms with E-state index in [9.17, 15) is 19.1 Å². The molecule has 0 atom stereocenters. The zero-order valence-electron chi connectivity index (χ0n) is 11.7. The molecular weight excluding hydrogens is 305 g/mol. The molecule has 0 fully saturated rings. The first-order valence-electron chi connectivity index (χ1n) is 6.59. The summed E-state index contributed by atoms with van der Waals surface area (Å²) in [4.78, 5) is 30.2. The van der Waals surface area contributed by atoms with Crippen molar-refractivity contribution in [2.75, 3.05) is 11.9 Å². The molecule has 0 bridgehead atoms. The third-order valence-electron chi connectivity index (χ3n) is 2.82. The summed E-state index contributed by atoms with van der Waals surface area (Å²) < 4.78 is 16.6. The zero-order chi connectivity index (χ0) is 16.0. The number of anilines is 1. The second-order valence-electron chi connectivity index (χ2n) is 4.52. The van der Waals surface area contributed by atoms with E-state index in [4.69, 9.17) is 4.74 Å². The molecule has 2 rings (SSSR count). The van der Waals surface area contributed by atoms with Crippen molar-refractivity contribution in [1.82, 2.24) is 0 Å². The van der Waals surface area contributed by atoms with Crippen LogP contribution in [0, 0.1) is 0 Å². The van der Waals surface area contributed by atoms with E-state index in [2.05, 4.69) is 5.32 Å². The highest BCUT2D eigenvalue weighted by molar-refractivity contribution is 7.60. The number of nitrogens with one attached hydrogen (secondary N) is 1. The number of carbonyl (C=O) groups excluding carboxylic acids is 1. The van der Waals surface area contributed by atoms with E-state index < -0.39 is 7.60 Å². The van der Waals surface area contributed by atoms with Gasteiger partial charge in [0, 0.05) is 5.69 Å². The molecular formula is C15H16NO5P. The fourth-order valence-corrected chi connectivity index (χ4v) is 2.52. The van der Waals surface area contributed by atoms with E-state index >= 15 is 0 Å². The maximum Gasteiger partial charge on any atom is 0.359 e. The van der Waals surface area contributed by atoms with E-state index in [0.29, 0.717) is 5.69 Å². The quantitative estimate of drug-likeness (QED) is 0.706. The first kappa shape index (κ1) is 16.2. The van der Waals surface area contributed by atoms with Crippen LogP contribution < -0.4 is 15.4 Å². The van der Waals surface area contributed by atoms with Crippen molar-refractivity contribution in [3.63, 3.8) is 0 Å². The van der Waals surface area contributed by atoms with E-state index in [-0.39, 0.29) is 30.0 Å². The van der Waals surface area contributed by atoms with Gasteiger partial charge in [-0.2, -0.15) is 0 Å². The van der Waals surface area contributed by atoms with Crippen LogP contribution in [0.5, 0.6) is 5.75 Å². The van der Waals surface area contributed by atoms with Crippen molar-refractivity contribution in [3.8, 4) is 5.75 Å². The normalized spacial score (nSPS) is 11.0. The third kappa shape index (κ3) is 4.70. The molecule has 7 heteroatoms. The number of carbonyl (C=O) groups is 1. The molecule has 0 aliphatic carbocycles. The first-order chi connectivity index (χ1) is 10.5. The summed E-state index contributed by atoms with van der Waals surface area (Å²) in [6, 6.07) is 14.9. The Bertz CT molecular complexity index is 683. The molecule has 0 aromatic heterocycles. The molecule has 0 aliphatic heterocycles. The summed E-state index contributed by atoms with van der Waals surface area (Å²) in [5.74, 6) is -0.150. The lowest BCUT2D eigenvalue weighted by molar-refractivity contribution is -0.116. The highest BCUT2D eigenvalue weighted by Gasteiger charge is 2.22. The highest BCUT2D eigenvalue weighted by atomic mass is 31.2. The average Bonchev–Trinajstić information content (AvgIpc) is 2.48. The fourth-order valence-electron chi connectivity index (χ4n) is 1.82. The van der Waals surface area contributed by atoms with E-state index in [0.717, 1.165) is 0 Å². The van der Waals surface area contributed by atoms with Crippen molar-refractivity contribution in [2.24, 2.45) is 0 Å². The second kappa shape index (κ2) is 7.22. The Morgan fingerprint density at radius 2 is 1.68 bits per heavy atom. The molecule has 0 spiro atoms. The van der Waals surface area contributed by atoms with Gasteiger partial charge in [-0.15, -0.1) is 0 Å². The molecule has 2 aromatic carbocycles. The molecule has 0 saturated heterocycles. The van der Waals surface area contributed by atoms with Crippen molar-refractivity contribution in [3.05, 3.63) is 54.6 Å². The Kier molecular flexibility index (Phi) is 5.33. The van der Waals surface area contributed by atoms with Gasteiger partial charge in [0.05, 0.1) is 13.0 Å². The van der Waals surface area contributed by atoms with Gasteiger partial charge >= 0.3 is 7.60 Å². The predicted octanol–water partition coefficient (Wildman–Crippen LogP) is 1.90. The van der Waals surface area contributed by atoms with Crippen molar-refractivity contribution in [2.45, 2.75) is 6.42 Å². The van der Waals surface area contributed by atoms with Crippen LogP contribution in [0.2, 0.25) is 0 Å². The van der Waals surface area contributed by atoms with Gasteiger partial charge in [-0.25, -0.2) is 0 Å². The second-order valence-corrected chi connectivity index (χ2v) is 6.09. The van der Waals surface area contributed by atoms with Gasteiger partial charge in [-0.05, 0) is 24.3 Å². The van der Waals surface area contributed by atoms with E-state index in [1.807, 2.05) is 18.2 Å². The molecule has 116 valence electrons. The number of amides is 1. The largest absolute Gasteiger partial charge is 0.492 e. The summed E-state index contributed by atoms with van der Waals surface area (Å²) in [5, 5.41) is 2.52. The standard InChI is InChI=1S/C15H16NO5P/c17-15(16-12-6-2-1-3-7-12)10-11-21-13-8-4-5-9-14(13)22(18,19)20/h1-9H,10-11H2,(H,16,17)(H2,18,19,20). The number of rotatable bonds is 6. The lowest BCUT2D eigenvalue weighted by Gasteiger charge is -2.12. The number of ether oxygens (including phenoxy) is 1. The SMILES string of the molecule is O=C(CCOc1ccccc1P(=O)(O)O)Nc1ccccc1. The topological polar surface area (TPSA) is 95.9 Å². The summed E-state index contributed by atoms with van der Waals surface area (Å²) in [6.45, 7) is 0.0235. The Labute approximate surface area is 127 Å². The monoisotopic (exact) mass is 321 g/mol. The van der Waals surface area contributed by atoms with E-state index in [1.54, 1.807) is 18.2 Å². The Morgan fingerprint density at radius 1 is 1.05 bits per heavy atom. The van der Waals surface area contributed by atoms with Gasteiger partial charge in [0.15, 0.2) is 0 Å². The summed E-state index contributed by atoms with van der Waals surface area (Å²) in [7, 11) is -4.40. The molecule has 0 unspecified atom stereocenters. The Balaban J connectivity index is 1.89. The Morgan fingerprint density at radius 3 is 2.36 bits per heavy atom. The van der Waals surface area contributed by atoms with Gasteiger partial charge in [-0.1, -0.05) is 30.3 Å². The van der Waals surface area contributed by atoms with Crippen molar-refractivity contribution in [1.29, 1.82) is 0 Å². The molecule has 0 radical (unpaired) electrons. The van der Waals surface area contributed by atoms with Gasteiger partial charge in [0.2, 0.25) is 5.91 Å². The minimum Gasteiger partial charge on any atom is -0.492 e. The van der Waals surface area contributed by atoms with Gasteiger partial charge in [0.25, 0.3) is 0 Å². The molecule has 2 aromatic rings. The number of hydrogen-bond donors (Lipinski definition) is 3. The Hall–Kier alpha value is -2.14. The molecule has 0 aliphatic rings. The first-order valence-corrected chi connectivity index (χ1v) is 8.21. The summed E-state index contributed by atoms with van der Waals surface area (Å²) >= 11 is 0. The van der Waals surface area contributed by atoms with Crippen LogP contribution in [0.25, 0.3) is 0 Å². The number of hydrogen-bond acceptors (Lipinski definition) is 3. The summed E-state index contributed by atoms with van der Waals surface area (Å²) in [6.07, 6.45) is 0.0738. The van der Waals surface area contributed by atoms with Crippen LogP contribution in [0.4, 0.5) is 5.69 Å². The minimum atomic E-state index is -4.40. The molecule has 3 N–H and O–H groups in total. The van der Waals surface area contributed by atoms with E-state index in [1.165, 1.54) is 18.2 Å². The van der Waals surface area contributed by atoms with Gasteiger partial charge < -0.3 is 19.8 Å². The molecule has 1 amide bonds. The maximum absolute atomic E-state index is 11.7.